The van der Waals surface area contributed by atoms with Crippen LogP contribution in [0.2, 0.25) is 0 Å². The molecule has 1 N–H and O–H groups in total. The van der Waals surface area contributed by atoms with Crippen LogP contribution in [0.4, 0.5) is 18.9 Å². The molecule has 27 heavy (non-hydrogen) atoms. The van der Waals surface area contributed by atoms with E-state index in [4.69, 9.17) is 0 Å². The van der Waals surface area contributed by atoms with Gasteiger partial charge < -0.3 is 5.32 Å². The maximum atomic E-state index is 12.8. The Balaban J connectivity index is 1.75. The molecule has 2 aromatic carbocycles. The zero-order valence-electron chi connectivity index (χ0n) is 14.1. The summed E-state index contributed by atoms with van der Waals surface area (Å²) in [5, 5.41) is 3.24. The van der Waals surface area contributed by atoms with Crippen molar-refractivity contribution in [2.75, 3.05) is 5.32 Å². The van der Waals surface area contributed by atoms with Crippen LogP contribution < -0.4 is 5.32 Å². The number of nitrogens with one attached hydrogen (secondary N) is 1. The molecule has 1 aromatic heterocycles. The van der Waals surface area contributed by atoms with Crippen LogP contribution in [0, 0.1) is 6.92 Å². The van der Waals surface area contributed by atoms with Crippen LogP contribution in [0.15, 0.2) is 71.0 Å². The molecule has 0 bridgehead atoms. The molecule has 8 heteroatoms. The molecular weight excluding hydrogens is 375 g/mol. The van der Waals surface area contributed by atoms with E-state index in [-0.39, 0.29) is 5.56 Å². The highest BCUT2D eigenvalue weighted by Gasteiger charge is 2.30. The molecule has 0 radical (unpaired) electrons. The molecule has 0 saturated carbocycles. The van der Waals surface area contributed by atoms with Crippen LogP contribution >= 0.6 is 11.8 Å². The topological polar surface area (TPSA) is 54.9 Å². The Morgan fingerprint density at radius 2 is 1.78 bits per heavy atom. The number of alkyl halides is 3. The third kappa shape index (κ3) is 4.85. The summed E-state index contributed by atoms with van der Waals surface area (Å²) in [6, 6.07) is 11.4. The van der Waals surface area contributed by atoms with E-state index in [1.54, 1.807) is 37.5 Å². The van der Waals surface area contributed by atoms with Gasteiger partial charge in [0.1, 0.15) is 0 Å². The summed E-state index contributed by atoms with van der Waals surface area (Å²) >= 11 is 1.37. The van der Waals surface area contributed by atoms with Crippen LogP contribution in [-0.4, -0.2) is 15.9 Å². The predicted molar refractivity (Wildman–Crippen MR) is 96.7 cm³/mol. The third-order valence-electron chi connectivity index (χ3n) is 3.65. The predicted octanol–water partition coefficient (Wildman–Crippen LogP) is 5.21. The molecule has 1 heterocycles. The van der Waals surface area contributed by atoms with Crippen LogP contribution in [-0.2, 0) is 6.18 Å². The Kier molecular flexibility index (Phi) is 5.46. The molecule has 1 amide bonds. The Labute approximate surface area is 157 Å². The van der Waals surface area contributed by atoms with Gasteiger partial charge in [0.25, 0.3) is 5.91 Å². The monoisotopic (exact) mass is 389 g/mol. The third-order valence-corrected chi connectivity index (χ3v) is 4.53. The summed E-state index contributed by atoms with van der Waals surface area (Å²) in [4.78, 5) is 21.5. The maximum Gasteiger partial charge on any atom is 0.416 e. The van der Waals surface area contributed by atoms with Crippen molar-refractivity contribution in [2.45, 2.75) is 23.2 Å². The van der Waals surface area contributed by atoms with E-state index in [0.29, 0.717) is 10.8 Å². The molecule has 0 unspecified atom stereocenters. The number of aromatic nitrogens is 2. The number of carbonyl (C=O) groups is 1. The van der Waals surface area contributed by atoms with Crippen LogP contribution in [0.3, 0.4) is 0 Å². The first-order chi connectivity index (χ1) is 12.8. The number of aryl methyl sites for hydroxylation is 1. The van der Waals surface area contributed by atoms with Crippen molar-refractivity contribution in [1.29, 1.82) is 0 Å². The Morgan fingerprint density at radius 3 is 2.44 bits per heavy atom. The Morgan fingerprint density at radius 1 is 1.04 bits per heavy atom. The van der Waals surface area contributed by atoms with E-state index in [0.717, 1.165) is 22.6 Å². The van der Waals surface area contributed by atoms with Gasteiger partial charge in [-0.25, -0.2) is 9.97 Å². The molecular formula is C19H14F3N3OS. The van der Waals surface area contributed by atoms with E-state index in [9.17, 15) is 18.0 Å². The van der Waals surface area contributed by atoms with Gasteiger partial charge in [-0.15, -0.1) is 0 Å². The van der Waals surface area contributed by atoms with Crippen molar-refractivity contribution in [1.82, 2.24) is 9.97 Å². The fourth-order valence-electron chi connectivity index (χ4n) is 2.31. The largest absolute Gasteiger partial charge is 0.416 e. The van der Waals surface area contributed by atoms with E-state index < -0.39 is 17.6 Å². The van der Waals surface area contributed by atoms with Gasteiger partial charge in [-0.2, -0.15) is 13.2 Å². The number of hydrogen-bond acceptors (Lipinski definition) is 4. The zero-order chi connectivity index (χ0) is 19.4. The average molecular weight is 389 g/mol. The zero-order valence-corrected chi connectivity index (χ0v) is 14.9. The molecule has 4 nitrogen and oxygen atoms in total. The highest BCUT2D eigenvalue weighted by Crippen LogP contribution is 2.30. The fourth-order valence-corrected chi connectivity index (χ4v) is 3.12. The summed E-state index contributed by atoms with van der Waals surface area (Å²) in [5.41, 5.74) is 0.383. The number of halogens is 3. The number of hydrogen-bond donors (Lipinski definition) is 1. The lowest BCUT2D eigenvalue weighted by Gasteiger charge is -2.11. The summed E-state index contributed by atoms with van der Waals surface area (Å²) < 4.78 is 38.4. The van der Waals surface area contributed by atoms with Crippen LogP contribution in [0.1, 0.15) is 21.5 Å². The molecule has 0 spiro atoms. The number of benzene rings is 2. The van der Waals surface area contributed by atoms with Crippen LogP contribution in [0.25, 0.3) is 0 Å². The summed E-state index contributed by atoms with van der Waals surface area (Å²) in [6.45, 7) is 1.80. The van der Waals surface area contributed by atoms with Gasteiger partial charge in [0.05, 0.1) is 5.56 Å². The van der Waals surface area contributed by atoms with Gasteiger partial charge >= 0.3 is 6.18 Å². The molecule has 0 fully saturated rings. The van der Waals surface area contributed by atoms with Crippen LogP contribution in [0.5, 0.6) is 0 Å². The lowest BCUT2D eigenvalue weighted by Crippen LogP contribution is -2.14. The normalized spacial score (nSPS) is 11.3. The molecule has 0 atom stereocenters. The van der Waals surface area contributed by atoms with Crippen molar-refractivity contribution >= 4 is 23.4 Å². The minimum absolute atomic E-state index is 0.0552. The number of rotatable bonds is 4. The van der Waals surface area contributed by atoms with Crippen molar-refractivity contribution < 1.29 is 18.0 Å². The van der Waals surface area contributed by atoms with E-state index in [1.807, 2.05) is 6.07 Å². The van der Waals surface area contributed by atoms with Crippen molar-refractivity contribution in [2.24, 2.45) is 0 Å². The smallest absolute Gasteiger partial charge is 0.322 e. The van der Waals surface area contributed by atoms with E-state index in [1.165, 1.54) is 23.9 Å². The van der Waals surface area contributed by atoms with Gasteiger partial charge in [-0.05, 0) is 66.7 Å². The van der Waals surface area contributed by atoms with E-state index in [2.05, 4.69) is 15.3 Å². The number of carbonyl (C=O) groups excluding carboxylic acids is 1. The molecule has 0 aliphatic heterocycles. The van der Waals surface area contributed by atoms with Crippen molar-refractivity contribution in [3.05, 3.63) is 77.6 Å². The van der Waals surface area contributed by atoms with Gasteiger partial charge in [0, 0.05) is 28.5 Å². The summed E-state index contributed by atoms with van der Waals surface area (Å²) in [6.07, 6.45) is -1.21. The minimum Gasteiger partial charge on any atom is -0.322 e. The minimum atomic E-state index is -4.50. The highest BCUT2D eigenvalue weighted by molar-refractivity contribution is 7.99. The molecule has 0 aliphatic carbocycles. The number of nitrogens with zero attached hydrogens (tertiary/aromatic N) is 2. The second kappa shape index (κ2) is 7.79. The quantitative estimate of drug-likeness (QED) is 0.623. The molecule has 3 rings (SSSR count). The first-order valence-corrected chi connectivity index (χ1v) is 8.69. The lowest BCUT2D eigenvalue weighted by molar-refractivity contribution is -0.137. The number of anilines is 1. The molecule has 3 aromatic rings. The van der Waals surface area contributed by atoms with Crippen molar-refractivity contribution in [3.8, 4) is 0 Å². The second-order valence-electron chi connectivity index (χ2n) is 5.64. The Bertz CT molecular complexity index is 962. The summed E-state index contributed by atoms with van der Waals surface area (Å²) in [7, 11) is 0. The number of amides is 1. The molecule has 0 saturated heterocycles. The van der Waals surface area contributed by atoms with Gasteiger partial charge in [0.15, 0.2) is 5.16 Å². The highest BCUT2D eigenvalue weighted by atomic mass is 32.2. The van der Waals surface area contributed by atoms with Gasteiger partial charge in [0.2, 0.25) is 0 Å². The average Bonchev–Trinajstić information content (AvgIpc) is 2.64. The SMILES string of the molecule is Cc1cc(Sc2ncccn2)ccc1NC(=O)c1cccc(C(F)(F)F)c1. The Hall–Kier alpha value is -2.87. The van der Waals surface area contributed by atoms with E-state index >= 15 is 0 Å². The molecule has 138 valence electrons. The fraction of sp³-hybridized carbons (Fsp3) is 0.105. The first kappa shape index (κ1) is 18.9. The lowest BCUT2D eigenvalue weighted by atomic mass is 10.1. The second-order valence-corrected chi connectivity index (χ2v) is 6.68. The molecule has 0 aliphatic rings. The van der Waals surface area contributed by atoms with Gasteiger partial charge in [-0.3, -0.25) is 4.79 Å². The summed E-state index contributed by atoms with van der Waals surface area (Å²) in [5.74, 6) is -0.601. The van der Waals surface area contributed by atoms with Crippen molar-refractivity contribution in [3.63, 3.8) is 0 Å². The standard InChI is InChI=1S/C19H14F3N3OS/c1-12-10-15(27-18-23-8-3-9-24-18)6-7-16(12)25-17(26)13-4-2-5-14(11-13)19(20,21)22/h2-11H,1H3,(H,25,26). The maximum absolute atomic E-state index is 12.8. The van der Waals surface area contributed by atoms with Gasteiger partial charge in [-0.1, -0.05) is 6.07 Å². The first-order valence-electron chi connectivity index (χ1n) is 7.87.